The van der Waals surface area contributed by atoms with Gasteiger partial charge in [0.15, 0.2) is 0 Å². The van der Waals surface area contributed by atoms with Gasteiger partial charge >= 0.3 is 0 Å². The Morgan fingerprint density at radius 3 is 2.43 bits per heavy atom. The lowest BCUT2D eigenvalue weighted by Gasteiger charge is -2.38. The topological polar surface area (TPSA) is 68.2 Å². The SMILES string of the molecule is O=C(c1cnccn1)N1C2CCC1CC(Oc1ccncc1)C2. The van der Waals surface area contributed by atoms with Gasteiger partial charge in [-0.05, 0) is 25.0 Å². The van der Waals surface area contributed by atoms with Gasteiger partial charge in [0, 0.05) is 49.7 Å². The molecule has 118 valence electrons. The number of amides is 1. The van der Waals surface area contributed by atoms with Gasteiger partial charge in [0.2, 0.25) is 0 Å². The molecule has 2 aliphatic heterocycles. The molecule has 23 heavy (non-hydrogen) atoms. The summed E-state index contributed by atoms with van der Waals surface area (Å²) in [6.07, 6.45) is 12.1. The number of hydrogen-bond acceptors (Lipinski definition) is 5. The van der Waals surface area contributed by atoms with E-state index in [1.807, 2.05) is 17.0 Å². The van der Waals surface area contributed by atoms with E-state index in [1.165, 1.54) is 0 Å². The van der Waals surface area contributed by atoms with Crippen LogP contribution in [-0.4, -0.2) is 43.9 Å². The van der Waals surface area contributed by atoms with Gasteiger partial charge in [0.05, 0.1) is 6.20 Å². The van der Waals surface area contributed by atoms with Crippen LogP contribution in [0.3, 0.4) is 0 Å². The Morgan fingerprint density at radius 1 is 1.04 bits per heavy atom. The maximum absolute atomic E-state index is 12.7. The number of carbonyl (C=O) groups is 1. The van der Waals surface area contributed by atoms with Crippen molar-refractivity contribution in [3.8, 4) is 5.75 Å². The highest BCUT2D eigenvalue weighted by Crippen LogP contribution is 2.37. The largest absolute Gasteiger partial charge is 0.490 e. The zero-order valence-electron chi connectivity index (χ0n) is 12.7. The molecule has 1 amide bonds. The molecule has 2 atom stereocenters. The summed E-state index contributed by atoms with van der Waals surface area (Å²) >= 11 is 0. The van der Waals surface area contributed by atoms with Gasteiger partial charge in [0.1, 0.15) is 17.5 Å². The molecule has 0 spiro atoms. The Morgan fingerprint density at radius 2 is 1.78 bits per heavy atom. The molecule has 2 bridgehead atoms. The van der Waals surface area contributed by atoms with E-state index in [1.54, 1.807) is 31.0 Å². The quantitative estimate of drug-likeness (QED) is 0.868. The predicted octanol–water partition coefficient (Wildman–Crippen LogP) is 2.09. The van der Waals surface area contributed by atoms with Gasteiger partial charge in [0.25, 0.3) is 5.91 Å². The smallest absolute Gasteiger partial charge is 0.274 e. The average Bonchev–Trinajstić information content (AvgIpc) is 2.87. The lowest BCUT2D eigenvalue weighted by molar-refractivity contribution is 0.0353. The van der Waals surface area contributed by atoms with E-state index in [2.05, 4.69) is 15.0 Å². The number of nitrogens with zero attached hydrogens (tertiary/aromatic N) is 4. The molecule has 0 aromatic carbocycles. The molecule has 0 N–H and O–H groups in total. The molecule has 6 nitrogen and oxygen atoms in total. The summed E-state index contributed by atoms with van der Waals surface area (Å²) in [5.74, 6) is 0.839. The maximum Gasteiger partial charge on any atom is 0.274 e. The van der Waals surface area contributed by atoms with Gasteiger partial charge in [-0.1, -0.05) is 0 Å². The predicted molar refractivity (Wildman–Crippen MR) is 82.9 cm³/mol. The van der Waals surface area contributed by atoms with Crippen molar-refractivity contribution in [2.24, 2.45) is 0 Å². The van der Waals surface area contributed by atoms with Crippen molar-refractivity contribution in [1.82, 2.24) is 19.9 Å². The van der Waals surface area contributed by atoms with Crippen molar-refractivity contribution in [3.05, 3.63) is 48.8 Å². The van der Waals surface area contributed by atoms with Crippen LogP contribution in [0.15, 0.2) is 43.1 Å². The molecule has 4 heterocycles. The lowest BCUT2D eigenvalue weighted by atomic mass is 9.99. The number of aromatic nitrogens is 3. The summed E-state index contributed by atoms with van der Waals surface area (Å²) in [5, 5.41) is 0. The number of ether oxygens (including phenoxy) is 1. The van der Waals surface area contributed by atoms with E-state index >= 15 is 0 Å². The minimum absolute atomic E-state index is 0.00652. The fourth-order valence-electron chi connectivity index (χ4n) is 3.71. The van der Waals surface area contributed by atoms with E-state index < -0.39 is 0 Å². The van der Waals surface area contributed by atoms with Crippen LogP contribution in [0.1, 0.15) is 36.2 Å². The first-order valence-corrected chi connectivity index (χ1v) is 7.96. The molecule has 2 saturated heterocycles. The third kappa shape index (κ3) is 2.76. The van der Waals surface area contributed by atoms with Crippen molar-refractivity contribution in [3.63, 3.8) is 0 Å². The minimum atomic E-state index is -0.00652. The summed E-state index contributed by atoms with van der Waals surface area (Å²) in [4.78, 5) is 26.8. The Hall–Kier alpha value is -2.50. The molecule has 0 aliphatic carbocycles. The lowest BCUT2D eigenvalue weighted by Crippen LogP contribution is -2.49. The van der Waals surface area contributed by atoms with E-state index in [4.69, 9.17) is 4.74 Å². The molecular formula is C17H18N4O2. The molecule has 2 aromatic rings. The van der Waals surface area contributed by atoms with Gasteiger partial charge in [-0.15, -0.1) is 0 Å². The molecule has 2 aromatic heterocycles. The first-order chi connectivity index (χ1) is 11.3. The van der Waals surface area contributed by atoms with Gasteiger partial charge in [-0.3, -0.25) is 14.8 Å². The molecule has 2 aliphatic rings. The molecule has 6 heteroatoms. The Kier molecular flexibility index (Phi) is 3.65. The van der Waals surface area contributed by atoms with E-state index in [-0.39, 0.29) is 24.1 Å². The molecule has 0 saturated carbocycles. The minimum Gasteiger partial charge on any atom is -0.490 e. The van der Waals surface area contributed by atoms with Gasteiger partial charge in [-0.25, -0.2) is 4.98 Å². The summed E-state index contributed by atoms with van der Waals surface area (Å²) in [5.41, 5.74) is 0.429. The van der Waals surface area contributed by atoms with Crippen LogP contribution >= 0.6 is 0 Å². The maximum atomic E-state index is 12.7. The number of rotatable bonds is 3. The number of pyridine rings is 1. The monoisotopic (exact) mass is 310 g/mol. The summed E-state index contributed by atoms with van der Waals surface area (Å²) in [6.45, 7) is 0. The fraction of sp³-hybridized carbons (Fsp3) is 0.412. The fourth-order valence-corrected chi connectivity index (χ4v) is 3.71. The van der Waals surface area contributed by atoms with Crippen molar-refractivity contribution < 1.29 is 9.53 Å². The molecular weight excluding hydrogens is 292 g/mol. The van der Waals surface area contributed by atoms with Gasteiger partial charge in [-0.2, -0.15) is 0 Å². The Bertz CT molecular complexity index is 666. The van der Waals surface area contributed by atoms with E-state index in [9.17, 15) is 4.79 Å². The summed E-state index contributed by atoms with van der Waals surface area (Å²) < 4.78 is 6.06. The number of fused-ring (bicyclic) bond motifs is 2. The summed E-state index contributed by atoms with van der Waals surface area (Å²) in [7, 11) is 0. The third-order valence-electron chi connectivity index (χ3n) is 4.66. The van der Waals surface area contributed by atoms with Crippen molar-refractivity contribution in [2.75, 3.05) is 0 Å². The second-order valence-corrected chi connectivity index (χ2v) is 6.08. The van der Waals surface area contributed by atoms with E-state index in [0.29, 0.717) is 5.69 Å². The van der Waals surface area contributed by atoms with Crippen LogP contribution in [0, 0.1) is 0 Å². The van der Waals surface area contributed by atoms with Crippen LogP contribution in [0.5, 0.6) is 5.75 Å². The van der Waals surface area contributed by atoms with Crippen molar-refractivity contribution >= 4 is 5.91 Å². The standard InChI is InChI=1S/C17H18N4O2/c22-17(16-11-19-7-8-20-16)21-12-1-2-13(21)10-15(9-12)23-14-3-5-18-6-4-14/h3-8,11-13,15H,1-2,9-10H2. The summed E-state index contributed by atoms with van der Waals surface area (Å²) in [6, 6.07) is 4.21. The average molecular weight is 310 g/mol. The second kappa shape index (κ2) is 5.95. The van der Waals surface area contributed by atoms with Crippen LogP contribution in [0.2, 0.25) is 0 Å². The second-order valence-electron chi connectivity index (χ2n) is 6.08. The van der Waals surface area contributed by atoms with Crippen LogP contribution in [0.4, 0.5) is 0 Å². The van der Waals surface area contributed by atoms with Gasteiger partial charge < -0.3 is 9.64 Å². The highest BCUT2D eigenvalue weighted by molar-refractivity contribution is 5.92. The van der Waals surface area contributed by atoms with Crippen molar-refractivity contribution in [2.45, 2.75) is 43.9 Å². The van der Waals surface area contributed by atoms with Crippen LogP contribution in [0.25, 0.3) is 0 Å². The highest BCUT2D eigenvalue weighted by atomic mass is 16.5. The Labute approximate surface area is 134 Å². The zero-order chi connectivity index (χ0) is 15.6. The first kappa shape index (κ1) is 14.1. The van der Waals surface area contributed by atoms with E-state index in [0.717, 1.165) is 31.4 Å². The Balaban J connectivity index is 1.47. The number of carbonyl (C=O) groups excluding carboxylic acids is 1. The molecule has 0 radical (unpaired) electrons. The zero-order valence-corrected chi connectivity index (χ0v) is 12.7. The number of hydrogen-bond donors (Lipinski definition) is 0. The van der Waals surface area contributed by atoms with Crippen molar-refractivity contribution in [1.29, 1.82) is 0 Å². The van der Waals surface area contributed by atoms with Crippen LogP contribution < -0.4 is 4.74 Å². The normalized spacial score (nSPS) is 26.1. The third-order valence-corrected chi connectivity index (χ3v) is 4.66. The molecule has 2 fully saturated rings. The van der Waals surface area contributed by atoms with Crippen LogP contribution in [-0.2, 0) is 0 Å². The highest BCUT2D eigenvalue weighted by Gasteiger charge is 2.44. The molecule has 2 unspecified atom stereocenters. The first-order valence-electron chi connectivity index (χ1n) is 7.96. The number of piperidine rings is 1. The molecule has 4 rings (SSSR count).